The van der Waals surface area contributed by atoms with Gasteiger partial charge in [0.05, 0.1) is 0 Å². The molecule has 0 bridgehead atoms. The average Bonchev–Trinajstić information content (AvgIpc) is 2.45. The van der Waals surface area contributed by atoms with E-state index in [1.165, 1.54) is 6.20 Å². The first-order valence-corrected chi connectivity index (χ1v) is 5.96. The monoisotopic (exact) mass is 297 g/mol. The maximum absolute atomic E-state index is 12.9. The highest BCUT2D eigenvalue weighted by atomic mass is 19.4. The summed E-state index contributed by atoms with van der Waals surface area (Å²) in [5.41, 5.74) is -1.58. The number of halogens is 3. The summed E-state index contributed by atoms with van der Waals surface area (Å²) in [5.74, 6) is -1.98. The molecule has 1 N–H and O–H groups in total. The Balaban J connectivity index is 2.65. The van der Waals surface area contributed by atoms with Crippen LogP contribution in [0.3, 0.4) is 0 Å². The van der Waals surface area contributed by atoms with Crippen molar-refractivity contribution in [2.24, 2.45) is 0 Å². The van der Waals surface area contributed by atoms with E-state index in [-0.39, 0.29) is 11.5 Å². The smallest absolute Gasteiger partial charge is 0.434 e. The second-order valence-corrected chi connectivity index (χ2v) is 4.12. The van der Waals surface area contributed by atoms with Crippen molar-refractivity contribution < 1.29 is 23.1 Å². The summed E-state index contributed by atoms with van der Waals surface area (Å²) in [6.45, 7) is 1.82. The number of nitrogens with zero attached hydrogens (tertiary/aromatic N) is 3. The molecule has 0 radical (unpaired) electrons. The third-order valence-electron chi connectivity index (χ3n) is 2.77. The Hall–Kier alpha value is -2.51. The van der Waals surface area contributed by atoms with E-state index in [2.05, 4.69) is 15.0 Å². The van der Waals surface area contributed by atoms with Crippen LogP contribution in [-0.4, -0.2) is 26.0 Å². The number of alkyl halides is 3. The van der Waals surface area contributed by atoms with E-state index < -0.39 is 23.4 Å². The first kappa shape index (κ1) is 14.9. The Morgan fingerprint density at radius 2 is 2.05 bits per heavy atom. The summed E-state index contributed by atoms with van der Waals surface area (Å²) in [6.07, 6.45) is -2.28. The third kappa shape index (κ3) is 2.99. The number of aryl methyl sites for hydroxylation is 1. The van der Waals surface area contributed by atoms with Crippen molar-refractivity contribution in [1.29, 1.82) is 0 Å². The standard InChI is InChI=1S/C13H10F3N3O2/c1-2-7-4-3-5-17-9(7)11-18-6-8(12(20)21)10(19-11)13(14,15)16/h3-6H,2H2,1H3,(H,20,21). The van der Waals surface area contributed by atoms with Crippen molar-refractivity contribution in [2.75, 3.05) is 0 Å². The zero-order valence-electron chi connectivity index (χ0n) is 10.8. The zero-order valence-corrected chi connectivity index (χ0v) is 10.8. The second-order valence-electron chi connectivity index (χ2n) is 4.12. The molecule has 8 heteroatoms. The van der Waals surface area contributed by atoms with Crippen LogP contribution in [0.25, 0.3) is 11.5 Å². The van der Waals surface area contributed by atoms with Crippen molar-refractivity contribution in [3.8, 4) is 11.5 Å². The molecule has 2 rings (SSSR count). The van der Waals surface area contributed by atoms with E-state index in [0.717, 1.165) is 0 Å². The molecule has 0 aliphatic heterocycles. The highest BCUT2D eigenvalue weighted by molar-refractivity contribution is 5.88. The molecular formula is C13H10F3N3O2. The highest BCUT2D eigenvalue weighted by Crippen LogP contribution is 2.31. The maximum Gasteiger partial charge on any atom is 0.434 e. The summed E-state index contributed by atoms with van der Waals surface area (Å²) in [7, 11) is 0. The van der Waals surface area contributed by atoms with E-state index in [9.17, 15) is 18.0 Å². The van der Waals surface area contributed by atoms with Crippen molar-refractivity contribution in [3.63, 3.8) is 0 Å². The Labute approximate surface area is 117 Å². The number of carboxylic acids is 1. The first-order chi connectivity index (χ1) is 9.84. The maximum atomic E-state index is 12.9. The largest absolute Gasteiger partial charge is 0.478 e. The van der Waals surface area contributed by atoms with Crippen LogP contribution in [-0.2, 0) is 12.6 Å². The predicted octanol–water partition coefficient (Wildman–Crippen LogP) is 2.82. The minimum absolute atomic E-state index is 0.211. The Bertz CT molecular complexity index is 687. The van der Waals surface area contributed by atoms with Crippen LogP contribution in [0.1, 0.15) is 28.5 Å². The lowest BCUT2D eigenvalue weighted by molar-refractivity contribution is -0.141. The summed E-state index contributed by atoms with van der Waals surface area (Å²) in [6, 6.07) is 3.35. The summed E-state index contributed by atoms with van der Waals surface area (Å²) in [5, 5.41) is 8.80. The van der Waals surface area contributed by atoms with Gasteiger partial charge in [-0.05, 0) is 18.1 Å². The minimum Gasteiger partial charge on any atom is -0.478 e. The molecule has 0 aliphatic carbocycles. The average molecular weight is 297 g/mol. The number of aromatic carboxylic acids is 1. The van der Waals surface area contributed by atoms with Gasteiger partial charge < -0.3 is 5.11 Å². The minimum atomic E-state index is -4.88. The van der Waals surface area contributed by atoms with E-state index in [4.69, 9.17) is 5.11 Å². The normalized spacial score (nSPS) is 11.4. The van der Waals surface area contributed by atoms with Crippen LogP contribution >= 0.6 is 0 Å². The molecule has 21 heavy (non-hydrogen) atoms. The van der Waals surface area contributed by atoms with E-state index in [1.807, 2.05) is 6.92 Å². The zero-order chi connectivity index (χ0) is 15.6. The number of aromatic nitrogens is 3. The van der Waals surface area contributed by atoms with Gasteiger partial charge in [0.25, 0.3) is 0 Å². The molecule has 0 amide bonds. The molecule has 2 heterocycles. The van der Waals surface area contributed by atoms with Crippen molar-refractivity contribution in [1.82, 2.24) is 15.0 Å². The van der Waals surface area contributed by atoms with Gasteiger partial charge in [0.1, 0.15) is 11.3 Å². The predicted molar refractivity (Wildman–Crippen MR) is 66.6 cm³/mol. The molecule has 2 aromatic heterocycles. The summed E-state index contributed by atoms with van der Waals surface area (Å²) < 4.78 is 38.7. The molecule has 0 fully saturated rings. The van der Waals surface area contributed by atoms with Gasteiger partial charge >= 0.3 is 12.1 Å². The SMILES string of the molecule is CCc1cccnc1-c1ncc(C(=O)O)c(C(F)(F)F)n1. The second kappa shape index (κ2) is 5.47. The number of pyridine rings is 1. The van der Waals surface area contributed by atoms with Crippen molar-refractivity contribution in [2.45, 2.75) is 19.5 Å². The van der Waals surface area contributed by atoms with Gasteiger partial charge in [-0.3, -0.25) is 4.98 Å². The Kier molecular flexibility index (Phi) is 3.88. The topological polar surface area (TPSA) is 76.0 Å². The number of rotatable bonds is 3. The molecule has 0 unspecified atom stereocenters. The molecule has 0 spiro atoms. The molecule has 0 saturated carbocycles. The van der Waals surface area contributed by atoms with E-state index in [0.29, 0.717) is 18.2 Å². The number of hydrogen-bond acceptors (Lipinski definition) is 4. The molecule has 0 saturated heterocycles. The fraction of sp³-hybridized carbons (Fsp3) is 0.231. The fourth-order valence-corrected chi connectivity index (χ4v) is 1.79. The molecule has 0 aromatic carbocycles. The van der Waals surface area contributed by atoms with Gasteiger partial charge in [0, 0.05) is 12.4 Å². The lowest BCUT2D eigenvalue weighted by Crippen LogP contribution is -2.17. The lowest BCUT2D eigenvalue weighted by atomic mass is 10.1. The van der Waals surface area contributed by atoms with Crippen LogP contribution in [0.4, 0.5) is 13.2 Å². The molecule has 110 valence electrons. The van der Waals surface area contributed by atoms with Gasteiger partial charge in [-0.1, -0.05) is 13.0 Å². The third-order valence-corrected chi connectivity index (χ3v) is 2.77. The highest BCUT2D eigenvalue weighted by Gasteiger charge is 2.38. The molecule has 2 aromatic rings. The van der Waals surface area contributed by atoms with Crippen molar-refractivity contribution >= 4 is 5.97 Å². The van der Waals surface area contributed by atoms with Gasteiger partial charge in [-0.25, -0.2) is 14.8 Å². The molecule has 5 nitrogen and oxygen atoms in total. The van der Waals surface area contributed by atoms with E-state index in [1.54, 1.807) is 12.1 Å². The molecule has 0 atom stereocenters. The van der Waals surface area contributed by atoms with Gasteiger partial charge in [-0.15, -0.1) is 0 Å². The summed E-state index contributed by atoms with van der Waals surface area (Å²) >= 11 is 0. The van der Waals surface area contributed by atoms with Crippen LogP contribution in [0.5, 0.6) is 0 Å². The van der Waals surface area contributed by atoms with Gasteiger partial charge in [0.2, 0.25) is 0 Å². The Morgan fingerprint density at radius 1 is 1.33 bits per heavy atom. The van der Waals surface area contributed by atoms with Crippen molar-refractivity contribution in [3.05, 3.63) is 41.3 Å². The van der Waals surface area contributed by atoms with Gasteiger partial charge in [0.15, 0.2) is 11.5 Å². The number of carboxylic acid groups (broad SMARTS) is 1. The number of carbonyl (C=O) groups is 1. The quantitative estimate of drug-likeness (QED) is 0.942. The van der Waals surface area contributed by atoms with Gasteiger partial charge in [-0.2, -0.15) is 13.2 Å². The first-order valence-electron chi connectivity index (χ1n) is 5.96. The Morgan fingerprint density at radius 3 is 2.62 bits per heavy atom. The van der Waals surface area contributed by atoms with Crippen LogP contribution < -0.4 is 0 Å². The fourth-order valence-electron chi connectivity index (χ4n) is 1.79. The lowest BCUT2D eigenvalue weighted by Gasteiger charge is -2.11. The van der Waals surface area contributed by atoms with E-state index >= 15 is 0 Å². The number of hydrogen-bond donors (Lipinski definition) is 1. The van der Waals surface area contributed by atoms with Crippen LogP contribution in [0.15, 0.2) is 24.5 Å². The van der Waals surface area contributed by atoms with Crippen LogP contribution in [0, 0.1) is 0 Å². The molecular weight excluding hydrogens is 287 g/mol. The summed E-state index contributed by atoms with van der Waals surface area (Å²) in [4.78, 5) is 21.9. The van der Waals surface area contributed by atoms with Crippen LogP contribution in [0.2, 0.25) is 0 Å². The molecule has 0 aliphatic rings.